The predicted molar refractivity (Wildman–Crippen MR) is 111 cm³/mol. The van der Waals surface area contributed by atoms with E-state index < -0.39 is 0 Å². The standard InChI is InChI=1S/C20H20N6OS/c27-15-3-1-2-13(12-15)17-18(26-10-11-28-20(26)25-17)16-6-9-22-19(24-16)23-14-4-7-21-8-5-14/h1-3,6,9-12,14,21,27H,4-5,7-8H2,(H,22,23,24). The van der Waals surface area contributed by atoms with Crippen LogP contribution in [0.4, 0.5) is 5.95 Å². The molecule has 1 aliphatic rings. The van der Waals surface area contributed by atoms with Gasteiger partial charge in [0, 0.05) is 29.4 Å². The van der Waals surface area contributed by atoms with E-state index in [0.717, 1.165) is 53.5 Å². The second kappa shape index (κ2) is 7.21. The lowest BCUT2D eigenvalue weighted by atomic mass is 10.1. The van der Waals surface area contributed by atoms with Crippen LogP contribution in [0.1, 0.15) is 12.8 Å². The summed E-state index contributed by atoms with van der Waals surface area (Å²) in [7, 11) is 0. The monoisotopic (exact) mass is 392 g/mol. The number of hydrogen-bond donors (Lipinski definition) is 3. The summed E-state index contributed by atoms with van der Waals surface area (Å²) in [5, 5.41) is 18.8. The summed E-state index contributed by atoms with van der Waals surface area (Å²) in [5.74, 6) is 0.854. The van der Waals surface area contributed by atoms with E-state index in [2.05, 4.69) is 15.6 Å². The van der Waals surface area contributed by atoms with Crippen LogP contribution in [0, 0.1) is 0 Å². The van der Waals surface area contributed by atoms with Gasteiger partial charge in [0.1, 0.15) is 11.4 Å². The van der Waals surface area contributed by atoms with Gasteiger partial charge in [-0.25, -0.2) is 15.0 Å². The number of fused-ring (bicyclic) bond motifs is 1. The number of thiazole rings is 1. The number of piperidine rings is 1. The van der Waals surface area contributed by atoms with Crippen molar-refractivity contribution in [2.24, 2.45) is 0 Å². The van der Waals surface area contributed by atoms with Gasteiger partial charge in [-0.15, -0.1) is 11.3 Å². The lowest BCUT2D eigenvalue weighted by Gasteiger charge is -2.23. The van der Waals surface area contributed by atoms with Crippen LogP contribution in [0.3, 0.4) is 0 Å². The molecule has 0 bridgehead atoms. The number of rotatable bonds is 4. The van der Waals surface area contributed by atoms with Crippen molar-refractivity contribution in [2.75, 3.05) is 18.4 Å². The van der Waals surface area contributed by atoms with Crippen molar-refractivity contribution in [1.82, 2.24) is 24.7 Å². The molecule has 1 aliphatic heterocycles. The molecule has 4 heterocycles. The molecule has 1 saturated heterocycles. The molecule has 0 saturated carbocycles. The van der Waals surface area contributed by atoms with Gasteiger partial charge >= 0.3 is 0 Å². The molecule has 0 radical (unpaired) electrons. The van der Waals surface area contributed by atoms with E-state index in [9.17, 15) is 5.11 Å². The maximum Gasteiger partial charge on any atom is 0.223 e. The number of nitrogens with one attached hydrogen (secondary N) is 2. The molecule has 0 amide bonds. The number of benzene rings is 1. The first-order valence-electron chi connectivity index (χ1n) is 9.33. The topological polar surface area (TPSA) is 87.4 Å². The molecular formula is C20H20N6OS. The van der Waals surface area contributed by atoms with Crippen molar-refractivity contribution in [3.05, 3.63) is 48.1 Å². The number of phenols is 1. The van der Waals surface area contributed by atoms with Crippen LogP contribution >= 0.6 is 11.3 Å². The third kappa shape index (κ3) is 3.21. The minimum absolute atomic E-state index is 0.218. The maximum absolute atomic E-state index is 9.92. The Bertz CT molecular complexity index is 1110. The summed E-state index contributed by atoms with van der Waals surface area (Å²) in [6, 6.07) is 9.45. The van der Waals surface area contributed by atoms with Crippen LogP contribution in [0.5, 0.6) is 5.75 Å². The van der Waals surface area contributed by atoms with Gasteiger partial charge in [0.25, 0.3) is 0 Å². The Hall–Kier alpha value is -2.97. The molecular weight excluding hydrogens is 372 g/mol. The first kappa shape index (κ1) is 17.2. The number of phenolic OH excluding ortho intramolecular Hbond substituents is 1. The normalized spacial score (nSPS) is 15.1. The second-order valence-electron chi connectivity index (χ2n) is 6.85. The van der Waals surface area contributed by atoms with Gasteiger partial charge in [-0.05, 0) is 44.1 Å². The molecule has 3 N–H and O–H groups in total. The fraction of sp³-hybridized carbons (Fsp3) is 0.250. The molecule has 4 aromatic rings. The van der Waals surface area contributed by atoms with Crippen LogP contribution in [-0.2, 0) is 0 Å². The second-order valence-corrected chi connectivity index (χ2v) is 7.72. The van der Waals surface area contributed by atoms with Gasteiger partial charge in [-0.2, -0.15) is 0 Å². The van der Waals surface area contributed by atoms with Gasteiger partial charge in [0.15, 0.2) is 4.96 Å². The summed E-state index contributed by atoms with van der Waals surface area (Å²) in [5.41, 5.74) is 3.36. The number of anilines is 1. The van der Waals surface area contributed by atoms with Crippen molar-refractivity contribution in [2.45, 2.75) is 18.9 Å². The van der Waals surface area contributed by atoms with Crippen molar-refractivity contribution in [1.29, 1.82) is 0 Å². The van der Waals surface area contributed by atoms with Gasteiger partial charge in [-0.3, -0.25) is 4.40 Å². The Morgan fingerprint density at radius 1 is 1.18 bits per heavy atom. The number of aromatic hydroxyl groups is 1. The molecule has 0 aliphatic carbocycles. The summed E-state index contributed by atoms with van der Waals surface area (Å²) in [6.07, 6.45) is 5.90. The largest absolute Gasteiger partial charge is 0.508 e. The lowest BCUT2D eigenvalue weighted by Crippen LogP contribution is -2.35. The Labute approximate surface area is 166 Å². The fourth-order valence-corrected chi connectivity index (χ4v) is 4.31. The molecule has 0 atom stereocenters. The third-order valence-corrected chi connectivity index (χ3v) is 5.71. The molecule has 3 aromatic heterocycles. The van der Waals surface area contributed by atoms with Crippen molar-refractivity contribution in [3.8, 4) is 28.4 Å². The summed E-state index contributed by atoms with van der Waals surface area (Å²) >= 11 is 1.57. The van der Waals surface area contributed by atoms with E-state index in [1.54, 1.807) is 29.7 Å². The Morgan fingerprint density at radius 2 is 2.07 bits per heavy atom. The summed E-state index contributed by atoms with van der Waals surface area (Å²) in [6.45, 7) is 2.02. The molecule has 1 aromatic carbocycles. The zero-order valence-electron chi connectivity index (χ0n) is 15.2. The SMILES string of the molecule is Oc1cccc(-c2nc3sccn3c2-c2ccnc(NC3CCNCC3)n2)c1. The van der Waals surface area contributed by atoms with Crippen LogP contribution in [0.15, 0.2) is 48.1 Å². The number of aromatic nitrogens is 4. The maximum atomic E-state index is 9.92. The average Bonchev–Trinajstić information content (AvgIpc) is 3.30. The Morgan fingerprint density at radius 3 is 2.93 bits per heavy atom. The average molecular weight is 392 g/mol. The zero-order chi connectivity index (χ0) is 18.9. The predicted octanol–water partition coefficient (Wildman–Crippen LogP) is 3.39. The minimum atomic E-state index is 0.218. The highest BCUT2D eigenvalue weighted by Gasteiger charge is 2.20. The molecule has 5 rings (SSSR count). The van der Waals surface area contributed by atoms with E-state index in [0.29, 0.717) is 12.0 Å². The van der Waals surface area contributed by atoms with Gasteiger partial charge < -0.3 is 15.7 Å². The first-order valence-corrected chi connectivity index (χ1v) is 10.2. The van der Waals surface area contributed by atoms with E-state index >= 15 is 0 Å². The first-order chi connectivity index (χ1) is 13.8. The van der Waals surface area contributed by atoms with E-state index in [4.69, 9.17) is 9.97 Å². The third-order valence-electron chi connectivity index (χ3n) is 4.95. The molecule has 142 valence electrons. The van der Waals surface area contributed by atoms with Gasteiger partial charge in [-0.1, -0.05) is 12.1 Å². The minimum Gasteiger partial charge on any atom is -0.508 e. The molecule has 28 heavy (non-hydrogen) atoms. The van der Waals surface area contributed by atoms with Crippen LogP contribution < -0.4 is 10.6 Å². The van der Waals surface area contributed by atoms with E-state index in [1.807, 2.05) is 34.2 Å². The highest BCUT2D eigenvalue weighted by molar-refractivity contribution is 7.15. The smallest absolute Gasteiger partial charge is 0.223 e. The van der Waals surface area contributed by atoms with Crippen molar-refractivity contribution in [3.63, 3.8) is 0 Å². The Balaban J connectivity index is 1.58. The van der Waals surface area contributed by atoms with Crippen molar-refractivity contribution >= 4 is 22.2 Å². The Kier molecular flexibility index (Phi) is 4.42. The highest BCUT2D eigenvalue weighted by atomic mass is 32.1. The summed E-state index contributed by atoms with van der Waals surface area (Å²) in [4.78, 5) is 14.9. The number of imidazole rings is 1. The van der Waals surface area contributed by atoms with Crippen molar-refractivity contribution < 1.29 is 5.11 Å². The van der Waals surface area contributed by atoms with Crippen LogP contribution in [0.25, 0.3) is 27.6 Å². The van der Waals surface area contributed by atoms with E-state index in [-0.39, 0.29) is 5.75 Å². The molecule has 1 fully saturated rings. The summed E-state index contributed by atoms with van der Waals surface area (Å²) < 4.78 is 2.04. The molecule has 0 spiro atoms. The number of hydrogen-bond acceptors (Lipinski definition) is 7. The zero-order valence-corrected chi connectivity index (χ0v) is 16.0. The lowest BCUT2D eigenvalue weighted by molar-refractivity contribution is 0.475. The highest BCUT2D eigenvalue weighted by Crippen LogP contribution is 2.34. The quantitative estimate of drug-likeness (QED) is 0.493. The van der Waals surface area contributed by atoms with Crippen LogP contribution in [0.2, 0.25) is 0 Å². The van der Waals surface area contributed by atoms with E-state index in [1.165, 1.54) is 0 Å². The fourth-order valence-electron chi connectivity index (χ4n) is 3.59. The van der Waals surface area contributed by atoms with Crippen LogP contribution in [-0.4, -0.2) is 43.6 Å². The van der Waals surface area contributed by atoms with Gasteiger partial charge in [0.05, 0.1) is 11.4 Å². The molecule has 0 unspecified atom stereocenters. The number of nitrogens with zero attached hydrogens (tertiary/aromatic N) is 4. The molecule has 7 nitrogen and oxygen atoms in total. The van der Waals surface area contributed by atoms with Gasteiger partial charge in [0.2, 0.25) is 5.95 Å². The molecule has 8 heteroatoms.